The number of nitrogens with two attached hydrogens (primary N) is 1. The molecule has 3 nitrogen and oxygen atoms in total. The second-order valence-electron chi connectivity index (χ2n) is 4.70. The van der Waals surface area contributed by atoms with E-state index in [0.717, 1.165) is 18.9 Å². The van der Waals surface area contributed by atoms with Crippen molar-refractivity contribution in [3.63, 3.8) is 0 Å². The van der Waals surface area contributed by atoms with Crippen LogP contribution in [0, 0.1) is 11.6 Å². The van der Waals surface area contributed by atoms with Gasteiger partial charge in [-0.1, -0.05) is 0 Å². The van der Waals surface area contributed by atoms with Gasteiger partial charge >= 0.3 is 0 Å². The van der Waals surface area contributed by atoms with Gasteiger partial charge in [0.2, 0.25) is 5.95 Å². The number of anilines is 1. The predicted octanol–water partition coefficient (Wildman–Crippen LogP) is 2.79. The number of fused-ring (bicyclic) bond motifs is 1. The van der Waals surface area contributed by atoms with E-state index in [0.29, 0.717) is 12.1 Å². The number of thioether (sulfide) groups is 1. The third-order valence-corrected chi connectivity index (χ3v) is 4.89. The Hall–Kier alpha value is -1.30. The van der Waals surface area contributed by atoms with Crippen LogP contribution in [-0.2, 0) is 6.54 Å². The summed E-state index contributed by atoms with van der Waals surface area (Å²) in [5.41, 5.74) is 6.40. The Morgan fingerprint density at radius 1 is 1.44 bits per heavy atom. The molecule has 1 aliphatic carbocycles. The number of benzene rings is 1. The van der Waals surface area contributed by atoms with Crippen molar-refractivity contribution in [2.45, 2.75) is 24.1 Å². The minimum atomic E-state index is -0.663. The van der Waals surface area contributed by atoms with Crippen LogP contribution in [0.2, 0.25) is 0 Å². The highest BCUT2D eigenvalue weighted by atomic mass is 32.2. The first kappa shape index (κ1) is 11.8. The summed E-state index contributed by atoms with van der Waals surface area (Å²) in [6, 6.07) is 2.12. The maximum absolute atomic E-state index is 13.6. The predicted molar refractivity (Wildman–Crippen MR) is 69.5 cm³/mol. The molecule has 1 saturated carbocycles. The fourth-order valence-corrected chi connectivity index (χ4v) is 2.96. The zero-order valence-corrected chi connectivity index (χ0v) is 10.7. The minimum Gasteiger partial charge on any atom is -0.369 e. The van der Waals surface area contributed by atoms with Crippen LogP contribution in [0.5, 0.6) is 0 Å². The Bertz CT molecular complexity index is 619. The van der Waals surface area contributed by atoms with Gasteiger partial charge in [0, 0.05) is 23.4 Å². The average molecular weight is 269 g/mol. The molecule has 0 bridgehead atoms. The van der Waals surface area contributed by atoms with Gasteiger partial charge in [-0.3, -0.25) is 0 Å². The van der Waals surface area contributed by atoms with E-state index in [-0.39, 0.29) is 16.2 Å². The summed E-state index contributed by atoms with van der Waals surface area (Å²) in [7, 11) is 0. The maximum Gasteiger partial charge on any atom is 0.201 e. The number of aromatic nitrogens is 2. The van der Waals surface area contributed by atoms with E-state index < -0.39 is 11.6 Å². The molecule has 18 heavy (non-hydrogen) atoms. The first-order valence-corrected chi connectivity index (χ1v) is 6.93. The van der Waals surface area contributed by atoms with Crippen LogP contribution < -0.4 is 5.73 Å². The zero-order chi connectivity index (χ0) is 12.9. The molecule has 3 rings (SSSR count). The molecule has 0 unspecified atom stereocenters. The summed E-state index contributed by atoms with van der Waals surface area (Å²) in [5, 5.41) is 0. The highest BCUT2D eigenvalue weighted by Gasteiger charge is 2.42. The van der Waals surface area contributed by atoms with Crippen molar-refractivity contribution in [1.82, 2.24) is 9.55 Å². The molecular weight excluding hydrogens is 256 g/mol. The molecule has 6 heteroatoms. The summed E-state index contributed by atoms with van der Waals surface area (Å²) in [6.45, 7) is 0.652. The Morgan fingerprint density at radius 3 is 2.78 bits per heavy atom. The van der Waals surface area contributed by atoms with Crippen molar-refractivity contribution < 1.29 is 8.78 Å². The van der Waals surface area contributed by atoms with E-state index >= 15 is 0 Å². The monoisotopic (exact) mass is 269 g/mol. The van der Waals surface area contributed by atoms with Gasteiger partial charge in [-0.05, 0) is 19.1 Å². The normalized spacial score (nSPS) is 17.3. The number of nitrogen functional groups attached to an aromatic ring is 1. The fraction of sp³-hybridized carbons (Fsp3) is 0.417. The van der Waals surface area contributed by atoms with E-state index in [4.69, 9.17) is 5.73 Å². The Kier molecular flexibility index (Phi) is 2.52. The smallest absolute Gasteiger partial charge is 0.201 e. The molecule has 0 spiro atoms. The highest BCUT2D eigenvalue weighted by molar-refractivity contribution is 8.00. The van der Waals surface area contributed by atoms with Crippen molar-refractivity contribution >= 4 is 28.7 Å². The first-order chi connectivity index (χ1) is 8.54. The number of imidazole rings is 1. The SMILES string of the molecule is CSC1(Cn2c(N)nc3c(F)cc(F)cc32)CC1. The van der Waals surface area contributed by atoms with E-state index in [1.165, 1.54) is 6.07 Å². The lowest BCUT2D eigenvalue weighted by Gasteiger charge is -2.14. The van der Waals surface area contributed by atoms with Gasteiger partial charge in [-0.15, -0.1) is 0 Å². The Morgan fingerprint density at radius 2 is 2.17 bits per heavy atom. The molecule has 1 fully saturated rings. The lowest BCUT2D eigenvalue weighted by molar-refractivity contribution is 0.589. The third kappa shape index (κ3) is 1.75. The minimum absolute atomic E-state index is 0.144. The lowest BCUT2D eigenvalue weighted by atomic mass is 10.3. The van der Waals surface area contributed by atoms with Gasteiger partial charge in [0.1, 0.15) is 11.3 Å². The Labute approximate surface area is 107 Å². The van der Waals surface area contributed by atoms with Gasteiger partial charge in [0.25, 0.3) is 0 Å². The summed E-state index contributed by atoms with van der Waals surface area (Å²) in [4.78, 5) is 3.99. The molecule has 1 aromatic carbocycles. The summed E-state index contributed by atoms with van der Waals surface area (Å²) in [5.74, 6) is -1.02. The maximum atomic E-state index is 13.6. The van der Waals surface area contributed by atoms with Gasteiger partial charge < -0.3 is 10.3 Å². The van der Waals surface area contributed by atoms with Crippen molar-refractivity contribution in [2.24, 2.45) is 0 Å². The van der Waals surface area contributed by atoms with Gasteiger partial charge in [0.05, 0.1) is 5.52 Å². The van der Waals surface area contributed by atoms with Crippen LogP contribution in [0.25, 0.3) is 11.0 Å². The van der Waals surface area contributed by atoms with Gasteiger partial charge in [-0.2, -0.15) is 11.8 Å². The summed E-state index contributed by atoms with van der Waals surface area (Å²) < 4.78 is 28.8. The topological polar surface area (TPSA) is 43.8 Å². The summed E-state index contributed by atoms with van der Waals surface area (Å²) in [6.07, 6.45) is 4.25. The molecular formula is C12H13F2N3S. The van der Waals surface area contributed by atoms with Crippen LogP contribution in [0.3, 0.4) is 0 Å². The molecule has 1 aromatic heterocycles. The molecule has 0 atom stereocenters. The van der Waals surface area contributed by atoms with E-state index in [9.17, 15) is 8.78 Å². The van der Waals surface area contributed by atoms with E-state index in [1.807, 2.05) is 6.26 Å². The van der Waals surface area contributed by atoms with Gasteiger partial charge in [0.15, 0.2) is 5.82 Å². The van der Waals surface area contributed by atoms with E-state index in [2.05, 4.69) is 4.98 Å². The molecule has 0 amide bonds. The van der Waals surface area contributed by atoms with Crippen LogP contribution >= 0.6 is 11.8 Å². The number of halogens is 2. The number of nitrogens with zero attached hydrogens (tertiary/aromatic N) is 2. The number of hydrogen-bond acceptors (Lipinski definition) is 3. The van der Waals surface area contributed by atoms with Gasteiger partial charge in [-0.25, -0.2) is 13.8 Å². The molecule has 2 N–H and O–H groups in total. The largest absolute Gasteiger partial charge is 0.369 e. The van der Waals surface area contributed by atoms with Crippen LogP contribution in [0.1, 0.15) is 12.8 Å². The molecule has 1 aliphatic rings. The van der Waals surface area contributed by atoms with Crippen LogP contribution in [0.15, 0.2) is 12.1 Å². The second kappa shape index (κ2) is 3.85. The third-order valence-electron chi connectivity index (χ3n) is 3.49. The quantitative estimate of drug-likeness (QED) is 0.931. The highest BCUT2D eigenvalue weighted by Crippen LogP contribution is 2.49. The Balaban J connectivity index is 2.13. The molecule has 0 radical (unpaired) electrons. The van der Waals surface area contributed by atoms with Crippen molar-refractivity contribution in [3.05, 3.63) is 23.8 Å². The number of rotatable bonds is 3. The molecule has 2 aromatic rings. The molecule has 0 saturated heterocycles. The standard InChI is InChI=1S/C12H13F2N3S/c1-18-12(2-3-12)6-17-9-5-7(13)4-8(14)10(9)16-11(17)15/h4-5H,2-3,6H2,1H3,(H2,15,16). The van der Waals surface area contributed by atoms with E-state index in [1.54, 1.807) is 16.3 Å². The van der Waals surface area contributed by atoms with Crippen molar-refractivity contribution in [3.8, 4) is 0 Å². The molecule has 96 valence electrons. The summed E-state index contributed by atoms with van der Waals surface area (Å²) >= 11 is 1.77. The van der Waals surface area contributed by atoms with Crippen molar-refractivity contribution in [2.75, 3.05) is 12.0 Å². The first-order valence-electron chi connectivity index (χ1n) is 5.71. The number of hydrogen-bond donors (Lipinski definition) is 1. The van der Waals surface area contributed by atoms with Crippen LogP contribution in [0.4, 0.5) is 14.7 Å². The van der Waals surface area contributed by atoms with Crippen molar-refractivity contribution in [1.29, 1.82) is 0 Å². The molecule has 1 heterocycles. The van der Waals surface area contributed by atoms with Crippen LogP contribution in [-0.4, -0.2) is 20.6 Å². The fourth-order valence-electron chi connectivity index (χ4n) is 2.19. The average Bonchev–Trinajstić information content (AvgIpc) is 3.03. The zero-order valence-electron chi connectivity index (χ0n) is 9.91. The molecule has 0 aliphatic heterocycles. The lowest BCUT2D eigenvalue weighted by Crippen LogP contribution is -2.15. The second-order valence-corrected chi connectivity index (χ2v) is 5.97.